The number of tetrazole rings is 1. The summed E-state index contributed by atoms with van der Waals surface area (Å²) in [4.78, 5) is 0. The van der Waals surface area contributed by atoms with Crippen molar-refractivity contribution in [1.82, 2.24) is 25.5 Å². The summed E-state index contributed by atoms with van der Waals surface area (Å²) in [6, 6.07) is 8.65. The van der Waals surface area contributed by atoms with Crippen LogP contribution in [0.15, 0.2) is 24.3 Å². The lowest BCUT2D eigenvalue weighted by atomic mass is 10.0. The van der Waals surface area contributed by atoms with Gasteiger partial charge in [0.1, 0.15) is 0 Å². The second kappa shape index (κ2) is 6.61. The maximum atomic E-state index is 4.18. The first-order chi connectivity index (χ1) is 9.65. The Morgan fingerprint density at radius 3 is 2.70 bits per heavy atom. The van der Waals surface area contributed by atoms with Gasteiger partial charge < -0.3 is 5.32 Å². The van der Waals surface area contributed by atoms with E-state index in [1.807, 2.05) is 4.68 Å². The maximum Gasteiger partial charge on any atom is 0.168 e. The molecule has 20 heavy (non-hydrogen) atoms. The quantitative estimate of drug-likeness (QED) is 0.879. The zero-order valence-corrected chi connectivity index (χ0v) is 12.7. The molecule has 108 valence electrons. The lowest BCUT2D eigenvalue weighted by Gasteiger charge is -2.19. The van der Waals surface area contributed by atoms with Gasteiger partial charge in [0.25, 0.3) is 0 Å². The average molecular weight is 273 g/mol. The molecular formula is C15H23N5. The van der Waals surface area contributed by atoms with E-state index in [0.29, 0.717) is 0 Å². The van der Waals surface area contributed by atoms with Gasteiger partial charge in [0.05, 0.1) is 12.1 Å². The molecule has 0 amide bonds. The fourth-order valence-corrected chi connectivity index (χ4v) is 2.40. The molecule has 1 heterocycles. The third-order valence-corrected chi connectivity index (χ3v) is 3.61. The minimum Gasteiger partial charge on any atom is -0.307 e. The molecule has 2 unspecified atom stereocenters. The maximum absolute atomic E-state index is 4.18. The van der Waals surface area contributed by atoms with E-state index >= 15 is 0 Å². The molecule has 0 aliphatic carbocycles. The third kappa shape index (κ3) is 3.04. The van der Waals surface area contributed by atoms with Crippen molar-refractivity contribution in [1.29, 1.82) is 0 Å². The summed E-state index contributed by atoms with van der Waals surface area (Å²) in [7, 11) is 0. The molecule has 0 saturated carbocycles. The molecule has 2 aromatic rings. The second-order valence-electron chi connectivity index (χ2n) is 5.19. The Hall–Kier alpha value is -1.75. The van der Waals surface area contributed by atoms with Crippen LogP contribution in [0, 0.1) is 6.92 Å². The van der Waals surface area contributed by atoms with Crippen molar-refractivity contribution in [3.63, 3.8) is 0 Å². The Labute approximate surface area is 120 Å². The molecule has 1 aromatic heterocycles. The lowest BCUT2D eigenvalue weighted by molar-refractivity contribution is 0.463. The highest BCUT2D eigenvalue weighted by molar-refractivity contribution is 5.28. The van der Waals surface area contributed by atoms with Crippen LogP contribution in [0.1, 0.15) is 56.2 Å². The van der Waals surface area contributed by atoms with Crippen molar-refractivity contribution < 1.29 is 0 Å². The van der Waals surface area contributed by atoms with Crippen LogP contribution in [0.3, 0.4) is 0 Å². The second-order valence-corrected chi connectivity index (χ2v) is 5.19. The molecule has 0 bridgehead atoms. The van der Waals surface area contributed by atoms with Crippen molar-refractivity contribution in [2.45, 2.75) is 46.2 Å². The van der Waals surface area contributed by atoms with Gasteiger partial charge in [-0.05, 0) is 55.3 Å². The van der Waals surface area contributed by atoms with Crippen molar-refractivity contribution in [3.05, 3.63) is 41.2 Å². The van der Waals surface area contributed by atoms with E-state index in [0.717, 1.165) is 18.8 Å². The molecule has 2 rings (SSSR count). The smallest absolute Gasteiger partial charge is 0.168 e. The molecule has 0 aliphatic rings. The van der Waals surface area contributed by atoms with Crippen molar-refractivity contribution in [2.24, 2.45) is 0 Å². The van der Waals surface area contributed by atoms with Crippen molar-refractivity contribution >= 4 is 0 Å². The normalized spacial score (nSPS) is 14.2. The van der Waals surface area contributed by atoms with Gasteiger partial charge in [-0.2, -0.15) is 0 Å². The highest BCUT2D eigenvalue weighted by Crippen LogP contribution is 2.23. The summed E-state index contributed by atoms with van der Waals surface area (Å²) < 4.78 is 1.91. The highest BCUT2D eigenvalue weighted by atomic mass is 15.6. The molecule has 5 nitrogen and oxygen atoms in total. The van der Waals surface area contributed by atoms with Crippen LogP contribution in [0.5, 0.6) is 0 Å². The number of rotatable bonds is 6. The number of hydrogen-bond donors (Lipinski definition) is 1. The topological polar surface area (TPSA) is 55.6 Å². The van der Waals surface area contributed by atoms with Crippen LogP contribution >= 0.6 is 0 Å². The summed E-state index contributed by atoms with van der Waals surface area (Å²) in [5, 5.41) is 15.6. The zero-order valence-electron chi connectivity index (χ0n) is 12.7. The molecule has 1 N–H and O–H groups in total. The van der Waals surface area contributed by atoms with Gasteiger partial charge in [-0.3, -0.25) is 0 Å². The molecule has 0 saturated heterocycles. The number of hydrogen-bond acceptors (Lipinski definition) is 4. The number of nitrogens with zero attached hydrogens (tertiary/aromatic N) is 4. The summed E-state index contributed by atoms with van der Waals surface area (Å²) >= 11 is 0. The van der Waals surface area contributed by atoms with Gasteiger partial charge in [0.15, 0.2) is 5.82 Å². The predicted molar refractivity (Wildman–Crippen MR) is 79.5 cm³/mol. The van der Waals surface area contributed by atoms with Crippen LogP contribution in [-0.2, 0) is 0 Å². The van der Waals surface area contributed by atoms with Crippen LogP contribution in [0.2, 0.25) is 0 Å². The minimum atomic E-state index is 0.132. The summed E-state index contributed by atoms with van der Waals surface area (Å²) in [6.45, 7) is 9.47. The molecular weight excluding hydrogens is 250 g/mol. The van der Waals surface area contributed by atoms with Crippen LogP contribution < -0.4 is 5.32 Å². The van der Waals surface area contributed by atoms with E-state index in [4.69, 9.17) is 0 Å². The van der Waals surface area contributed by atoms with Gasteiger partial charge in [-0.25, -0.2) is 4.68 Å². The van der Waals surface area contributed by atoms with Crippen LogP contribution in [0.4, 0.5) is 0 Å². The third-order valence-electron chi connectivity index (χ3n) is 3.61. The molecule has 0 radical (unpaired) electrons. The number of benzene rings is 1. The van der Waals surface area contributed by atoms with E-state index < -0.39 is 0 Å². The molecule has 0 spiro atoms. The summed E-state index contributed by atoms with van der Waals surface area (Å²) in [5.41, 5.74) is 2.51. The molecule has 0 aliphatic heterocycles. The number of aryl methyl sites for hydroxylation is 1. The van der Waals surface area contributed by atoms with Gasteiger partial charge >= 0.3 is 0 Å². The minimum absolute atomic E-state index is 0.132. The summed E-state index contributed by atoms with van der Waals surface area (Å²) in [5.74, 6) is 0.884. The fourth-order valence-electron chi connectivity index (χ4n) is 2.40. The Bertz CT molecular complexity index is 549. The van der Waals surface area contributed by atoms with E-state index in [-0.39, 0.29) is 12.1 Å². The predicted octanol–water partition coefficient (Wildman–Crippen LogP) is 2.65. The standard InChI is InChI=1S/C15H23N5/c1-5-10-16-12(3)15-17-18-19-20(15)13(4)14-9-7-6-8-11(14)2/h6-9,12-13,16H,5,10H2,1-4H3. The zero-order chi connectivity index (χ0) is 14.5. The van der Waals surface area contributed by atoms with Crippen molar-refractivity contribution in [2.75, 3.05) is 6.54 Å². The van der Waals surface area contributed by atoms with Crippen LogP contribution in [0.25, 0.3) is 0 Å². The first-order valence-electron chi connectivity index (χ1n) is 7.21. The van der Waals surface area contributed by atoms with E-state index in [2.05, 4.69) is 72.8 Å². The fraction of sp³-hybridized carbons (Fsp3) is 0.533. The summed E-state index contributed by atoms with van der Waals surface area (Å²) in [6.07, 6.45) is 1.10. The average Bonchev–Trinajstić information content (AvgIpc) is 2.94. The first-order valence-corrected chi connectivity index (χ1v) is 7.21. The van der Waals surface area contributed by atoms with Gasteiger partial charge in [-0.1, -0.05) is 31.2 Å². The van der Waals surface area contributed by atoms with Crippen LogP contribution in [-0.4, -0.2) is 26.8 Å². The van der Waals surface area contributed by atoms with E-state index in [1.165, 1.54) is 11.1 Å². The lowest BCUT2D eigenvalue weighted by Crippen LogP contribution is -2.24. The first kappa shape index (κ1) is 14.7. The molecule has 2 atom stereocenters. The molecule has 1 aromatic carbocycles. The monoisotopic (exact) mass is 273 g/mol. The molecule has 5 heteroatoms. The van der Waals surface area contributed by atoms with Gasteiger partial charge in [0, 0.05) is 0 Å². The molecule has 0 fully saturated rings. The number of nitrogens with one attached hydrogen (secondary N) is 1. The van der Waals surface area contributed by atoms with E-state index in [9.17, 15) is 0 Å². The Balaban J connectivity index is 2.25. The largest absolute Gasteiger partial charge is 0.307 e. The van der Waals surface area contributed by atoms with Gasteiger partial charge in [0.2, 0.25) is 0 Å². The van der Waals surface area contributed by atoms with E-state index in [1.54, 1.807) is 0 Å². The number of aromatic nitrogens is 4. The van der Waals surface area contributed by atoms with Gasteiger partial charge in [-0.15, -0.1) is 5.10 Å². The Morgan fingerprint density at radius 2 is 2.00 bits per heavy atom. The Morgan fingerprint density at radius 1 is 1.25 bits per heavy atom. The van der Waals surface area contributed by atoms with Crippen molar-refractivity contribution in [3.8, 4) is 0 Å². The highest BCUT2D eigenvalue weighted by Gasteiger charge is 2.19. The SMILES string of the molecule is CCCNC(C)c1nnnn1C(C)c1ccccc1C. The Kier molecular flexibility index (Phi) is 4.84.